The highest BCUT2D eigenvalue weighted by atomic mass is 32.2. The van der Waals surface area contributed by atoms with E-state index >= 15 is 0 Å². The SMILES string of the molecule is C/C(=N/N=C1\NC(=O)C[C@@H](C(=O)Nc2cccc([N+](=O)[O-])c2)S1)c1ccccc1. The standard InChI is InChI=1S/C19H17N5O4S/c1-12(13-6-3-2-4-7-13)22-23-19-21-17(25)11-16(29-19)18(26)20-14-8-5-9-15(10-14)24(27)28/h2-10,16H,11H2,1H3,(H,20,26)(H,21,23,25)/b22-12-/t16-/m0/s1. The average Bonchev–Trinajstić information content (AvgIpc) is 2.72. The minimum absolute atomic E-state index is 0.0359. The molecule has 2 aromatic rings. The lowest BCUT2D eigenvalue weighted by Gasteiger charge is -2.21. The second-order valence-corrected chi connectivity index (χ2v) is 7.30. The summed E-state index contributed by atoms with van der Waals surface area (Å²) in [5, 5.41) is 23.7. The first-order valence-electron chi connectivity index (χ1n) is 8.62. The van der Waals surface area contributed by atoms with E-state index in [9.17, 15) is 19.7 Å². The summed E-state index contributed by atoms with van der Waals surface area (Å²) in [7, 11) is 0. The zero-order chi connectivity index (χ0) is 20.8. The smallest absolute Gasteiger partial charge is 0.271 e. The molecule has 0 radical (unpaired) electrons. The molecule has 0 aliphatic carbocycles. The van der Waals surface area contributed by atoms with Crippen LogP contribution in [0.2, 0.25) is 0 Å². The van der Waals surface area contributed by atoms with Crippen molar-refractivity contribution in [3.8, 4) is 0 Å². The minimum Gasteiger partial charge on any atom is -0.325 e. The van der Waals surface area contributed by atoms with Crippen LogP contribution in [0.25, 0.3) is 0 Å². The van der Waals surface area contributed by atoms with E-state index in [2.05, 4.69) is 20.8 Å². The van der Waals surface area contributed by atoms with Crippen molar-refractivity contribution in [2.75, 3.05) is 5.32 Å². The lowest BCUT2D eigenvalue weighted by Crippen LogP contribution is -2.41. The Bertz CT molecular complexity index is 1010. The van der Waals surface area contributed by atoms with Crippen molar-refractivity contribution in [2.45, 2.75) is 18.6 Å². The van der Waals surface area contributed by atoms with Gasteiger partial charge in [-0.05, 0) is 18.6 Å². The fourth-order valence-electron chi connectivity index (χ4n) is 2.52. The van der Waals surface area contributed by atoms with Crippen LogP contribution in [0, 0.1) is 10.1 Å². The largest absolute Gasteiger partial charge is 0.325 e. The fourth-order valence-corrected chi connectivity index (χ4v) is 3.45. The van der Waals surface area contributed by atoms with Gasteiger partial charge in [0.15, 0.2) is 5.17 Å². The van der Waals surface area contributed by atoms with E-state index in [-0.39, 0.29) is 28.9 Å². The Balaban J connectivity index is 1.70. The summed E-state index contributed by atoms with van der Waals surface area (Å²) in [6.07, 6.45) is -0.0359. The van der Waals surface area contributed by atoms with E-state index in [1.165, 1.54) is 18.2 Å². The Labute approximate surface area is 170 Å². The molecule has 0 spiro atoms. The zero-order valence-corrected chi connectivity index (χ0v) is 16.2. The molecule has 1 heterocycles. The van der Waals surface area contributed by atoms with Crippen molar-refractivity contribution in [1.82, 2.24) is 5.32 Å². The lowest BCUT2D eigenvalue weighted by molar-refractivity contribution is -0.384. The number of benzene rings is 2. The molecule has 1 aliphatic rings. The molecule has 1 aliphatic heterocycles. The van der Waals surface area contributed by atoms with E-state index in [4.69, 9.17) is 0 Å². The van der Waals surface area contributed by atoms with Crippen LogP contribution in [-0.2, 0) is 9.59 Å². The van der Waals surface area contributed by atoms with Crippen molar-refractivity contribution in [3.63, 3.8) is 0 Å². The topological polar surface area (TPSA) is 126 Å². The number of nitrogens with one attached hydrogen (secondary N) is 2. The summed E-state index contributed by atoms with van der Waals surface area (Å²) in [4.78, 5) is 34.8. The molecule has 29 heavy (non-hydrogen) atoms. The van der Waals surface area contributed by atoms with Gasteiger partial charge in [0.2, 0.25) is 11.8 Å². The molecule has 0 saturated carbocycles. The fraction of sp³-hybridized carbons (Fsp3) is 0.158. The van der Waals surface area contributed by atoms with Gasteiger partial charge in [0, 0.05) is 24.2 Å². The van der Waals surface area contributed by atoms with Crippen LogP contribution in [0.3, 0.4) is 0 Å². The van der Waals surface area contributed by atoms with E-state index in [1.807, 2.05) is 30.3 Å². The number of amides is 2. The Kier molecular flexibility index (Phi) is 6.35. The number of carbonyl (C=O) groups is 2. The molecule has 2 N–H and O–H groups in total. The second-order valence-electron chi connectivity index (χ2n) is 6.11. The minimum atomic E-state index is -0.728. The lowest BCUT2D eigenvalue weighted by atomic mass is 10.1. The third kappa shape index (κ3) is 5.48. The number of rotatable bonds is 5. The Hall–Kier alpha value is -3.53. The maximum atomic E-state index is 12.5. The molecule has 2 aromatic carbocycles. The van der Waals surface area contributed by atoms with Crippen molar-refractivity contribution in [3.05, 3.63) is 70.3 Å². The first-order chi connectivity index (χ1) is 13.9. The molecule has 0 unspecified atom stereocenters. The van der Waals surface area contributed by atoms with Gasteiger partial charge in [-0.1, -0.05) is 48.2 Å². The van der Waals surface area contributed by atoms with Crippen LogP contribution in [-0.4, -0.2) is 32.9 Å². The number of hydrogen-bond donors (Lipinski definition) is 2. The van der Waals surface area contributed by atoms with Gasteiger partial charge in [-0.3, -0.25) is 19.7 Å². The van der Waals surface area contributed by atoms with Gasteiger partial charge in [0.25, 0.3) is 5.69 Å². The Morgan fingerprint density at radius 2 is 2.00 bits per heavy atom. The van der Waals surface area contributed by atoms with Crippen molar-refractivity contribution < 1.29 is 14.5 Å². The number of hydrogen-bond acceptors (Lipinski definition) is 7. The zero-order valence-electron chi connectivity index (χ0n) is 15.4. The van der Waals surface area contributed by atoms with Crippen molar-refractivity contribution >= 4 is 45.8 Å². The van der Waals surface area contributed by atoms with Crippen LogP contribution < -0.4 is 10.6 Å². The predicted molar refractivity (Wildman–Crippen MR) is 112 cm³/mol. The van der Waals surface area contributed by atoms with E-state index < -0.39 is 16.1 Å². The van der Waals surface area contributed by atoms with Crippen molar-refractivity contribution in [1.29, 1.82) is 0 Å². The number of carbonyl (C=O) groups excluding carboxylic acids is 2. The van der Waals surface area contributed by atoms with Gasteiger partial charge in [0.1, 0.15) is 5.25 Å². The number of nitro benzene ring substituents is 1. The van der Waals surface area contributed by atoms with Crippen LogP contribution in [0.5, 0.6) is 0 Å². The van der Waals surface area contributed by atoms with Crippen LogP contribution >= 0.6 is 11.8 Å². The number of nitrogens with zero attached hydrogens (tertiary/aromatic N) is 3. The van der Waals surface area contributed by atoms with Gasteiger partial charge in [-0.2, -0.15) is 5.10 Å². The third-order valence-electron chi connectivity index (χ3n) is 3.97. The highest BCUT2D eigenvalue weighted by Crippen LogP contribution is 2.24. The second kappa shape index (κ2) is 9.11. The highest BCUT2D eigenvalue weighted by molar-refractivity contribution is 8.15. The summed E-state index contributed by atoms with van der Waals surface area (Å²) in [6.45, 7) is 1.79. The molecule has 0 aromatic heterocycles. The molecule has 148 valence electrons. The Morgan fingerprint density at radius 3 is 2.72 bits per heavy atom. The molecular weight excluding hydrogens is 394 g/mol. The highest BCUT2D eigenvalue weighted by Gasteiger charge is 2.30. The molecule has 2 amide bonds. The number of anilines is 1. The number of non-ortho nitro benzene ring substituents is 1. The first kappa shape index (κ1) is 20.2. The summed E-state index contributed by atoms with van der Waals surface area (Å²) >= 11 is 1.08. The maximum absolute atomic E-state index is 12.5. The van der Waals surface area contributed by atoms with Crippen LogP contribution in [0.15, 0.2) is 64.8 Å². The molecule has 0 bridgehead atoms. The van der Waals surface area contributed by atoms with E-state index in [1.54, 1.807) is 13.0 Å². The average molecular weight is 411 g/mol. The maximum Gasteiger partial charge on any atom is 0.271 e. The van der Waals surface area contributed by atoms with Gasteiger partial charge in [0.05, 0.1) is 10.6 Å². The number of nitro groups is 1. The van der Waals surface area contributed by atoms with E-state index in [0.717, 1.165) is 17.3 Å². The van der Waals surface area contributed by atoms with Gasteiger partial charge < -0.3 is 10.6 Å². The number of thioether (sulfide) groups is 1. The summed E-state index contributed by atoms with van der Waals surface area (Å²) in [6, 6.07) is 15.0. The molecule has 9 nitrogen and oxygen atoms in total. The summed E-state index contributed by atoms with van der Waals surface area (Å²) in [5.41, 5.74) is 1.71. The normalized spacial score (nSPS) is 18.2. The first-order valence-corrected chi connectivity index (χ1v) is 9.50. The quantitative estimate of drug-likeness (QED) is 0.444. The van der Waals surface area contributed by atoms with Crippen LogP contribution in [0.4, 0.5) is 11.4 Å². The molecule has 10 heteroatoms. The van der Waals surface area contributed by atoms with Gasteiger partial charge >= 0.3 is 0 Å². The van der Waals surface area contributed by atoms with Gasteiger partial charge in [-0.25, -0.2) is 0 Å². The Morgan fingerprint density at radius 1 is 1.24 bits per heavy atom. The van der Waals surface area contributed by atoms with Crippen molar-refractivity contribution in [2.24, 2.45) is 10.2 Å². The van der Waals surface area contributed by atoms with E-state index in [0.29, 0.717) is 5.71 Å². The van der Waals surface area contributed by atoms with Gasteiger partial charge in [-0.15, -0.1) is 5.10 Å². The summed E-state index contributed by atoms with van der Waals surface area (Å²) < 4.78 is 0. The third-order valence-corrected chi connectivity index (χ3v) is 5.04. The monoisotopic (exact) mass is 411 g/mol. The molecule has 1 saturated heterocycles. The molecular formula is C19H17N5O4S. The summed E-state index contributed by atoms with van der Waals surface area (Å²) in [5.74, 6) is -0.795. The molecule has 1 fully saturated rings. The molecule has 1 atom stereocenters. The van der Waals surface area contributed by atoms with Crippen LogP contribution in [0.1, 0.15) is 18.9 Å². The molecule has 3 rings (SSSR count). The predicted octanol–water partition coefficient (Wildman–Crippen LogP) is 2.94. The number of amidine groups is 1.